The molecule has 0 atom stereocenters. The normalized spacial score (nSPS) is 10.6. The molecule has 0 aliphatic rings. The number of nitrogens with zero attached hydrogens (tertiary/aromatic N) is 5. The van der Waals surface area contributed by atoms with E-state index in [0.717, 1.165) is 17.1 Å². The number of aromatic nitrogens is 2. The molecule has 0 radical (unpaired) electrons. The molecule has 1 aromatic heterocycles. The molecule has 0 saturated carbocycles. The Morgan fingerprint density at radius 3 is 2.47 bits per heavy atom. The van der Waals surface area contributed by atoms with Crippen molar-refractivity contribution in [1.29, 1.82) is 0 Å². The van der Waals surface area contributed by atoms with E-state index in [1.807, 2.05) is 0 Å². The van der Waals surface area contributed by atoms with Crippen LogP contribution in [0.15, 0.2) is 66.0 Å². The molecule has 1 amide bonds. The minimum absolute atomic E-state index is 0.162. The molecule has 3 aromatic rings. The smallest absolute Gasteiger partial charge is 0.350 e. The highest BCUT2D eigenvalue weighted by Gasteiger charge is 2.21. The van der Waals surface area contributed by atoms with Crippen LogP contribution in [0.2, 0.25) is 0 Å². The van der Waals surface area contributed by atoms with E-state index in [4.69, 9.17) is 4.74 Å². The lowest BCUT2D eigenvalue weighted by Gasteiger charge is -2.05. The Kier molecular flexibility index (Phi) is 6.60. The third kappa shape index (κ3) is 5.56. The largest absolute Gasteiger partial charge is 0.423 e. The van der Waals surface area contributed by atoms with Crippen LogP contribution >= 0.6 is 0 Å². The molecule has 3 rings (SSSR count). The Morgan fingerprint density at radius 2 is 1.81 bits per heavy atom. The highest BCUT2D eigenvalue weighted by atomic mass is 16.6. The average Bonchev–Trinajstić information content (AvgIpc) is 3.23. The predicted molar refractivity (Wildman–Crippen MR) is 109 cm³/mol. The standard InChI is InChI=1S/C19H14N6O7/c26-18(12-23-11-14(10-21-23)24(28)29)22-20-9-13-5-7-15(8-6-13)32-19(27)16-3-1-2-4-17(16)25(30)31/h1-11H,12H2,(H,22,26)/b20-9+. The molecule has 0 spiro atoms. The molecule has 0 aliphatic heterocycles. The number of nitro benzene ring substituents is 1. The number of rotatable bonds is 8. The molecule has 162 valence electrons. The molecule has 13 nitrogen and oxygen atoms in total. The van der Waals surface area contributed by atoms with Crippen molar-refractivity contribution in [3.05, 3.63) is 92.3 Å². The van der Waals surface area contributed by atoms with Gasteiger partial charge >= 0.3 is 11.7 Å². The summed E-state index contributed by atoms with van der Waals surface area (Å²) in [5.74, 6) is -1.26. The number of hydrazone groups is 1. The molecule has 13 heteroatoms. The van der Waals surface area contributed by atoms with Gasteiger partial charge in [0.2, 0.25) is 0 Å². The highest BCUT2D eigenvalue weighted by Crippen LogP contribution is 2.20. The Hall–Kier alpha value is -4.94. The van der Waals surface area contributed by atoms with Crippen LogP contribution in [0.3, 0.4) is 0 Å². The van der Waals surface area contributed by atoms with Crippen LogP contribution in [-0.4, -0.2) is 37.7 Å². The Labute approximate surface area is 179 Å². The zero-order chi connectivity index (χ0) is 23.1. The van der Waals surface area contributed by atoms with Crippen LogP contribution in [0.5, 0.6) is 5.75 Å². The lowest BCUT2D eigenvalue weighted by molar-refractivity contribution is -0.385. The van der Waals surface area contributed by atoms with Crippen molar-refractivity contribution in [2.45, 2.75) is 6.54 Å². The number of hydrogen-bond acceptors (Lipinski definition) is 9. The first-order chi connectivity index (χ1) is 15.3. The lowest BCUT2D eigenvalue weighted by atomic mass is 10.2. The fourth-order valence-corrected chi connectivity index (χ4v) is 2.48. The summed E-state index contributed by atoms with van der Waals surface area (Å²) in [6, 6.07) is 11.5. The Morgan fingerprint density at radius 1 is 1.09 bits per heavy atom. The summed E-state index contributed by atoms with van der Waals surface area (Å²) < 4.78 is 6.26. The van der Waals surface area contributed by atoms with Crippen LogP contribution in [0.1, 0.15) is 15.9 Å². The second kappa shape index (κ2) is 9.71. The van der Waals surface area contributed by atoms with Crippen LogP contribution in [0, 0.1) is 20.2 Å². The summed E-state index contributed by atoms with van der Waals surface area (Å²) >= 11 is 0. The van der Waals surface area contributed by atoms with E-state index in [0.29, 0.717) is 5.56 Å². The third-order valence-corrected chi connectivity index (χ3v) is 3.95. The molecule has 1 heterocycles. The summed E-state index contributed by atoms with van der Waals surface area (Å²) in [6.07, 6.45) is 3.48. The molecule has 2 aromatic carbocycles. The van der Waals surface area contributed by atoms with Gasteiger partial charge in [-0.1, -0.05) is 12.1 Å². The monoisotopic (exact) mass is 438 g/mol. The molecule has 0 fully saturated rings. The second-order valence-corrected chi connectivity index (χ2v) is 6.18. The van der Waals surface area contributed by atoms with Crippen molar-refractivity contribution >= 4 is 29.5 Å². The molecule has 0 unspecified atom stereocenters. The molecule has 0 aliphatic carbocycles. The first-order valence-corrected chi connectivity index (χ1v) is 8.88. The van der Waals surface area contributed by atoms with Gasteiger partial charge in [-0.15, -0.1) is 0 Å². The number of amides is 1. The van der Waals surface area contributed by atoms with Crippen molar-refractivity contribution in [2.24, 2.45) is 5.10 Å². The van der Waals surface area contributed by atoms with Crippen LogP contribution in [0.25, 0.3) is 0 Å². The van der Waals surface area contributed by atoms with Gasteiger partial charge in [-0.3, -0.25) is 29.7 Å². The van der Waals surface area contributed by atoms with Crippen molar-refractivity contribution in [1.82, 2.24) is 15.2 Å². The maximum absolute atomic E-state index is 12.2. The Bertz CT molecular complexity index is 1200. The summed E-state index contributed by atoms with van der Waals surface area (Å²) in [6.45, 7) is -0.258. The second-order valence-electron chi connectivity index (χ2n) is 6.18. The van der Waals surface area contributed by atoms with Crippen LogP contribution in [0.4, 0.5) is 11.4 Å². The van der Waals surface area contributed by atoms with Crippen molar-refractivity contribution in [2.75, 3.05) is 0 Å². The van der Waals surface area contributed by atoms with Gasteiger partial charge in [0, 0.05) is 6.07 Å². The van der Waals surface area contributed by atoms with E-state index >= 15 is 0 Å². The summed E-state index contributed by atoms with van der Waals surface area (Å²) in [7, 11) is 0. The number of carbonyl (C=O) groups excluding carboxylic acids is 2. The van der Waals surface area contributed by atoms with Gasteiger partial charge in [-0.05, 0) is 35.9 Å². The molecule has 0 saturated heterocycles. The number of para-hydroxylation sites is 1. The van der Waals surface area contributed by atoms with Gasteiger partial charge in [0.1, 0.15) is 30.3 Å². The topological polar surface area (TPSA) is 172 Å². The molecule has 32 heavy (non-hydrogen) atoms. The fourth-order valence-electron chi connectivity index (χ4n) is 2.48. The van der Waals surface area contributed by atoms with Gasteiger partial charge in [-0.2, -0.15) is 10.2 Å². The first-order valence-electron chi connectivity index (χ1n) is 8.88. The highest BCUT2D eigenvalue weighted by molar-refractivity contribution is 5.95. The molecular weight excluding hydrogens is 424 g/mol. The predicted octanol–water partition coefficient (Wildman–Crippen LogP) is 2.07. The average molecular weight is 438 g/mol. The SMILES string of the molecule is O=C(Cn1cc([N+](=O)[O-])cn1)N/N=C/c1ccc(OC(=O)c2ccccc2[N+](=O)[O-])cc1. The van der Waals surface area contributed by atoms with Crippen molar-refractivity contribution in [3.8, 4) is 5.75 Å². The van der Waals surface area contributed by atoms with Crippen molar-refractivity contribution < 1.29 is 24.2 Å². The van der Waals surface area contributed by atoms with Gasteiger partial charge in [0.15, 0.2) is 0 Å². The number of benzene rings is 2. The minimum Gasteiger partial charge on any atom is -0.423 e. The number of ether oxygens (including phenoxy) is 1. The summed E-state index contributed by atoms with van der Waals surface area (Å²) in [5, 5.41) is 29.1. The van der Waals surface area contributed by atoms with E-state index in [1.54, 1.807) is 12.1 Å². The zero-order valence-corrected chi connectivity index (χ0v) is 16.2. The first kappa shape index (κ1) is 21.8. The van der Waals surface area contributed by atoms with Crippen LogP contribution < -0.4 is 10.2 Å². The maximum atomic E-state index is 12.2. The number of carbonyl (C=O) groups is 2. The minimum atomic E-state index is -0.871. The van der Waals surface area contributed by atoms with E-state index in [-0.39, 0.29) is 29.2 Å². The van der Waals surface area contributed by atoms with E-state index in [2.05, 4.69) is 15.6 Å². The molecule has 0 bridgehead atoms. The summed E-state index contributed by atoms with van der Waals surface area (Å²) in [5.41, 5.74) is 2.05. The number of hydrogen-bond donors (Lipinski definition) is 1. The quantitative estimate of drug-likeness (QED) is 0.183. The van der Waals surface area contributed by atoms with Crippen molar-refractivity contribution in [3.63, 3.8) is 0 Å². The van der Waals surface area contributed by atoms with Crippen LogP contribution in [-0.2, 0) is 11.3 Å². The number of nitrogens with one attached hydrogen (secondary N) is 1. The Balaban J connectivity index is 1.54. The molecular formula is C19H14N6O7. The van der Waals surface area contributed by atoms with E-state index < -0.39 is 21.7 Å². The van der Waals surface area contributed by atoms with E-state index in [1.165, 1.54) is 42.6 Å². The van der Waals surface area contributed by atoms with E-state index in [9.17, 15) is 29.8 Å². The molecule has 1 N–H and O–H groups in total. The van der Waals surface area contributed by atoms with Gasteiger partial charge in [0.25, 0.3) is 11.6 Å². The maximum Gasteiger partial charge on any atom is 0.350 e. The fraction of sp³-hybridized carbons (Fsp3) is 0.0526. The van der Waals surface area contributed by atoms with Gasteiger partial charge in [0.05, 0.1) is 16.1 Å². The zero-order valence-electron chi connectivity index (χ0n) is 16.2. The number of esters is 1. The van der Waals surface area contributed by atoms with Gasteiger partial charge < -0.3 is 4.74 Å². The lowest BCUT2D eigenvalue weighted by Crippen LogP contribution is -2.23. The summed E-state index contributed by atoms with van der Waals surface area (Å²) in [4.78, 5) is 44.4. The number of nitro groups is 2. The third-order valence-electron chi connectivity index (χ3n) is 3.95. The van der Waals surface area contributed by atoms with Gasteiger partial charge in [-0.25, -0.2) is 10.2 Å².